The number of hydrogen-bond acceptors (Lipinski definition) is 3. The molecule has 0 saturated heterocycles. The first kappa shape index (κ1) is 13.3. The van der Waals surface area contributed by atoms with E-state index in [0.29, 0.717) is 17.1 Å². The Morgan fingerprint density at radius 1 is 1.24 bits per heavy atom. The Morgan fingerprint density at radius 2 is 2.05 bits per heavy atom. The molecule has 0 radical (unpaired) electrons. The van der Waals surface area contributed by atoms with E-state index in [1.165, 1.54) is 6.20 Å². The molecule has 0 bridgehead atoms. The lowest BCUT2D eigenvalue weighted by molar-refractivity contribution is 0.102. The minimum atomic E-state index is -0.197. The van der Waals surface area contributed by atoms with Gasteiger partial charge >= 0.3 is 0 Å². The second kappa shape index (κ2) is 5.36. The van der Waals surface area contributed by atoms with Crippen LogP contribution in [0, 0.1) is 0 Å². The van der Waals surface area contributed by atoms with Gasteiger partial charge in [-0.3, -0.25) is 4.79 Å². The first-order chi connectivity index (χ1) is 10.2. The number of aromatic nitrogens is 3. The molecule has 2 heterocycles. The molecular weight excluding hydrogens is 264 g/mol. The van der Waals surface area contributed by atoms with Crippen molar-refractivity contribution in [2.45, 2.75) is 19.8 Å². The highest BCUT2D eigenvalue weighted by Crippen LogP contribution is 2.24. The lowest BCUT2D eigenvalue weighted by Crippen LogP contribution is -2.13. The van der Waals surface area contributed by atoms with E-state index in [9.17, 15) is 4.79 Å². The van der Waals surface area contributed by atoms with Crippen LogP contribution in [0.2, 0.25) is 0 Å². The van der Waals surface area contributed by atoms with Gasteiger partial charge in [0.25, 0.3) is 5.91 Å². The predicted molar refractivity (Wildman–Crippen MR) is 81.5 cm³/mol. The molecular formula is C16H16N4O. The quantitative estimate of drug-likeness (QED) is 0.802. The zero-order chi connectivity index (χ0) is 14.8. The molecule has 0 spiro atoms. The third kappa shape index (κ3) is 2.50. The van der Waals surface area contributed by atoms with Gasteiger partial charge in [-0.1, -0.05) is 32.0 Å². The van der Waals surface area contributed by atoms with E-state index in [-0.39, 0.29) is 5.91 Å². The van der Waals surface area contributed by atoms with E-state index in [0.717, 1.165) is 11.3 Å². The van der Waals surface area contributed by atoms with E-state index < -0.39 is 0 Å². The number of amides is 1. The SMILES string of the molecule is CC(C)c1ccccc1NC(=O)c1cnn2cccnc12. The molecule has 1 aromatic carbocycles. The van der Waals surface area contributed by atoms with E-state index in [1.807, 2.05) is 24.3 Å². The molecule has 5 heteroatoms. The lowest BCUT2D eigenvalue weighted by Gasteiger charge is -2.13. The standard InChI is InChI=1S/C16H16N4O/c1-11(2)12-6-3-4-7-14(12)19-16(21)13-10-18-20-9-5-8-17-15(13)20/h3-11H,1-2H3,(H,19,21). The summed E-state index contributed by atoms with van der Waals surface area (Å²) in [6.45, 7) is 4.20. The Morgan fingerprint density at radius 3 is 2.86 bits per heavy atom. The van der Waals surface area contributed by atoms with E-state index >= 15 is 0 Å². The third-order valence-electron chi connectivity index (χ3n) is 3.35. The van der Waals surface area contributed by atoms with Gasteiger partial charge in [0, 0.05) is 18.1 Å². The number of para-hydroxylation sites is 1. The largest absolute Gasteiger partial charge is 0.322 e. The molecule has 2 aromatic heterocycles. The van der Waals surface area contributed by atoms with Crippen molar-refractivity contribution >= 4 is 17.2 Å². The van der Waals surface area contributed by atoms with Crippen molar-refractivity contribution in [3.05, 3.63) is 60.0 Å². The van der Waals surface area contributed by atoms with Crippen molar-refractivity contribution < 1.29 is 4.79 Å². The van der Waals surface area contributed by atoms with Gasteiger partial charge in [0.2, 0.25) is 0 Å². The van der Waals surface area contributed by atoms with Crippen LogP contribution in [-0.4, -0.2) is 20.5 Å². The minimum Gasteiger partial charge on any atom is -0.322 e. The molecule has 0 aliphatic carbocycles. The van der Waals surface area contributed by atoms with Gasteiger partial charge < -0.3 is 5.32 Å². The Hall–Kier alpha value is -2.69. The van der Waals surface area contributed by atoms with Crippen molar-refractivity contribution in [2.75, 3.05) is 5.32 Å². The molecule has 106 valence electrons. The molecule has 1 N–H and O–H groups in total. The average Bonchev–Trinajstić information content (AvgIpc) is 2.91. The summed E-state index contributed by atoms with van der Waals surface area (Å²) in [4.78, 5) is 16.7. The summed E-state index contributed by atoms with van der Waals surface area (Å²) < 4.78 is 1.59. The summed E-state index contributed by atoms with van der Waals surface area (Å²) in [5.74, 6) is 0.139. The maximum absolute atomic E-state index is 12.5. The van der Waals surface area contributed by atoms with Gasteiger partial charge in [-0.25, -0.2) is 9.50 Å². The molecule has 0 fully saturated rings. The van der Waals surface area contributed by atoms with Crippen LogP contribution in [0.25, 0.3) is 5.65 Å². The van der Waals surface area contributed by atoms with Crippen molar-refractivity contribution in [3.63, 3.8) is 0 Å². The second-order valence-electron chi connectivity index (χ2n) is 5.14. The van der Waals surface area contributed by atoms with Gasteiger partial charge in [-0.05, 0) is 23.6 Å². The number of nitrogens with one attached hydrogen (secondary N) is 1. The fourth-order valence-electron chi connectivity index (χ4n) is 2.29. The number of fused-ring (bicyclic) bond motifs is 1. The van der Waals surface area contributed by atoms with Crippen LogP contribution >= 0.6 is 0 Å². The summed E-state index contributed by atoms with van der Waals surface area (Å²) in [5.41, 5.74) is 2.95. The summed E-state index contributed by atoms with van der Waals surface area (Å²) in [6.07, 6.45) is 4.95. The molecule has 0 aliphatic rings. The Balaban J connectivity index is 1.94. The van der Waals surface area contributed by atoms with Gasteiger partial charge in [0.1, 0.15) is 5.56 Å². The highest BCUT2D eigenvalue weighted by Gasteiger charge is 2.15. The molecule has 1 amide bonds. The fourth-order valence-corrected chi connectivity index (χ4v) is 2.29. The maximum Gasteiger partial charge on any atom is 0.261 e. The fraction of sp³-hybridized carbons (Fsp3) is 0.188. The Kier molecular flexibility index (Phi) is 3.39. The second-order valence-corrected chi connectivity index (χ2v) is 5.14. The molecule has 3 aromatic rings. The summed E-state index contributed by atoms with van der Waals surface area (Å²) in [5, 5.41) is 7.09. The normalized spacial score (nSPS) is 11.0. The van der Waals surface area contributed by atoms with Crippen molar-refractivity contribution in [3.8, 4) is 0 Å². The summed E-state index contributed by atoms with van der Waals surface area (Å²) in [7, 11) is 0. The van der Waals surface area contributed by atoms with Crippen LogP contribution in [0.3, 0.4) is 0 Å². The number of rotatable bonds is 3. The zero-order valence-electron chi connectivity index (χ0n) is 11.9. The first-order valence-electron chi connectivity index (χ1n) is 6.85. The highest BCUT2D eigenvalue weighted by atomic mass is 16.1. The molecule has 0 aliphatic heterocycles. The van der Waals surface area contributed by atoms with Crippen LogP contribution in [-0.2, 0) is 0 Å². The predicted octanol–water partition coefficient (Wildman–Crippen LogP) is 3.11. The molecule has 0 saturated carbocycles. The average molecular weight is 280 g/mol. The van der Waals surface area contributed by atoms with Gasteiger partial charge in [0.15, 0.2) is 5.65 Å². The maximum atomic E-state index is 12.5. The molecule has 3 rings (SSSR count). The van der Waals surface area contributed by atoms with Crippen LogP contribution in [0.1, 0.15) is 35.7 Å². The van der Waals surface area contributed by atoms with E-state index in [1.54, 1.807) is 23.0 Å². The van der Waals surface area contributed by atoms with Crippen molar-refractivity contribution in [2.24, 2.45) is 0 Å². The lowest BCUT2D eigenvalue weighted by atomic mass is 10.0. The molecule has 21 heavy (non-hydrogen) atoms. The smallest absolute Gasteiger partial charge is 0.261 e. The summed E-state index contributed by atoms with van der Waals surface area (Å²) in [6, 6.07) is 9.59. The van der Waals surface area contributed by atoms with Crippen LogP contribution in [0.4, 0.5) is 5.69 Å². The topological polar surface area (TPSA) is 59.3 Å². The number of nitrogens with zero attached hydrogens (tertiary/aromatic N) is 3. The van der Waals surface area contributed by atoms with Crippen LogP contribution < -0.4 is 5.32 Å². The highest BCUT2D eigenvalue weighted by molar-refractivity contribution is 6.08. The van der Waals surface area contributed by atoms with E-state index in [4.69, 9.17) is 0 Å². The number of anilines is 1. The van der Waals surface area contributed by atoms with Crippen molar-refractivity contribution in [1.29, 1.82) is 0 Å². The number of carbonyl (C=O) groups is 1. The summed E-state index contributed by atoms with van der Waals surface area (Å²) >= 11 is 0. The zero-order valence-corrected chi connectivity index (χ0v) is 11.9. The minimum absolute atomic E-state index is 0.197. The molecule has 0 atom stereocenters. The van der Waals surface area contributed by atoms with Crippen LogP contribution in [0.15, 0.2) is 48.9 Å². The van der Waals surface area contributed by atoms with E-state index in [2.05, 4.69) is 29.2 Å². The van der Waals surface area contributed by atoms with Gasteiger partial charge in [-0.2, -0.15) is 5.10 Å². The Bertz CT molecular complexity index is 792. The number of benzene rings is 1. The monoisotopic (exact) mass is 280 g/mol. The third-order valence-corrected chi connectivity index (χ3v) is 3.35. The number of hydrogen-bond donors (Lipinski definition) is 1. The van der Waals surface area contributed by atoms with Crippen LogP contribution in [0.5, 0.6) is 0 Å². The van der Waals surface area contributed by atoms with Gasteiger partial charge in [0.05, 0.1) is 6.20 Å². The van der Waals surface area contributed by atoms with Crippen molar-refractivity contribution in [1.82, 2.24) is 14.6 Å². The number of carbonyl (C=O) groups excluding carboxylic acids is 1. The molecule has 5 nitrogen and oxygen atoms in total. The Labute approximate surface area is 122 Å². The first-order valence-corrected chi connectivity index (χ1v) is 6.85. The molecule has 0 unspecified atom stereocenters. The van der Waals surface area contributed by atoms with Gasteiger partial charge in [-0.15, -0.1) is 0 Å².